The molecule has 7 heteroatoms. The van der Waals surface area contributed by atoms with Gasteiger partial charge in [-0.2, -0.15) is 5.10 Å². The Labute approximate surface area is 138 Å². The average Bonchev–Trinajstić information content (AvgIpc) is 3.08. The van der Waals surface area contributed by atoms with Crippen LogP contribution in [-0.2, 0) is 13.1 Å². The van der Waals surface area contributed by atoms with Crippen LogP contribution in [0.5, 0.6) is 0 Å². The van der Waals surface area contributed by atoms with Crippen molar-refractivity contribution >= 4 is 37.5 Å². The van der Waals surface area contributed by atoms with E-state index in [0.29, 0.717) is 17.8 Å². The summed E-state index contributed by atoms with van der Waals surface area (Å²) < 4.78 is 8.95. The van der Waals surface area contributed by atoms with Crippen molar-refractivity contribution in [1.29, 1.82) is 0 Å². The van der Waals surface area contributed by atoms with Crippen molar-refractivity contribution in [3.05, 3.63) is 63.5 Å². The summed E-state index contributed by atoms with van der Waals surface area (Å²) in [4.78, 5) is 3.94. The largest absolute Gasteiger partial charge is 0.451 e. The number of nitrogens with one attached hydrogen (secondary N) is 1. The van der Waals surface area contributed by atoms with Gasteiger partial charge in [-0.25, -0.2) is 9.67 Å². The summed E-state index contributed by atoms with van der Waals surface area (Å²) in [5.41, 5.74) is 2.20. The van der Waals surface area contributed by atoms with Crippen molar-refractivity contribution in [2.75, 3.05) is 5.32 Å². The first-order chi connectivity index (χ1) is 10.2. The summed E-state index contributed by atoms with van der Waals surface area (Å²) in [5.74, 6) is 0.857. The number of aromatic nitrogens is 3. The van der Waals surface area contributed by atoms with E-state index < -0.39 is 0 Å². The second kappa shape index (κ2) is 6.44. The molecule has 1 N–H and O–H groups in total. The molecule has 0 amide bonds. The molecule has 2 heterocycles. The molecule has 21 heavy (non-hydrogen) atoms. The number of benzene rings is 1. The molecule has 2 aromatic heterocycles. The molecule has 0 aliphatic carbocycles. The van der Waals surface area contributed by atoms with E-state index in [0.717, 1.165) is 21.5 Å². The van der Waals surface area contributed by atoms with E-state index in [-0.39, 0.29) is 0 Å². The molecule has 0 bridgehead atoms. The number of halogens is 2. The Bertz CT molecular complexity index is 705. The van der Waals surface area contributed by atoms with Gasteiger partial charge in [0.1, 0.15) is 18.4 Å². The monoisotopic (exact) mass is 410 g/mol. The Morgan fingerprint density at radius 2 is 2.14 bits per heavy atom. The maximum atomic E-state index is 5.54. The van der Waals surface area contributed by atoms with Gasteiger partial charge in [0.2, 0.25) is 0 Å². The van der Waals surface area contributed by atoms with Crippen LogP contribution in [0.25, 0.3) is 0 Å². The summed E-state index contributed by atoms with van der Waals surface area (Å²) in [7, 11) is 0. The average molecular weight is 412 g/mol. The van der Waals surface area contributed by atoms with Gasteiger partial charge in [0.15, 0.2) is 4.67 Å². The minimum atomic E-state index is 0.622. The lowest BCUT2D eigenvalue weighted by Gasteiger charge is -2.07. The molecule has 0 radical (unpaired) electrons. The minimum Gasteiger partial charge on any atom is -0.451 e. The maximum Gasteiger partial charge on any atom is 0.183 e. The summed E-state index contributed by atoms with van der Waals surface area (Å²) in [6.07, 6.45) is 3.24. The molecular formula is C14H12Br2N4O. The van der Waals surface area contributed by atoms with Crippen molar-refractivity contribution in [2.24, 2.45) is 0 Å². The van der Waals surface area contributed by atoms with Crippen LogP contribution in [0.1, 0.15) is 11.3 Å². The van der Waals surface area contributed by atoms with E-state index in [4.69, 9.17) is 4.42 Å². The summed E-state index contributed by atoms with van der Waals surface area (Å²) >= 11 is 6.73. The van der Waals surface area contributed by atoms with Gasteiger partial charge >= 0.3 is 0 Å². The van der Waals surface area contributed by atoms with E-state index in [2.05, 4.69) is 59.4 Å². The number of anilines is 1. The Hall–Kier alpha value is -1.60. The van der Waals surface area contributed by atoms with Crippen molar-refractivity contribution in [3.63, 3.8) is 0 Å². The molecule has 0 spiro atoms. The summed E-state index contributed by atoms with van der Waals surface area (Å²) in [5, 5.41) is 7.45. The molecule has 0 saturated carbocycles. The molecule has 0 aliphatic heterocycles. The molecule has 0 saturated heterocycles. The van der Waals surface area contributed by atoms with Gasteiger partial charge in [-0.3, -0.25) is 0 Å². The van der Waals surface area contributed by atoms with Crippen LogP contribution in [0.2, 0.25) is 0 Å². The van der Waals surface area contributed by atoms with Gasteiger partial charge in [-0.05, 0) is 55.6 Å². The van der Waals surface area contributed by atoms with Crippen LogP contribution < -0.4 is 5.32 Å². The number of hydrogen-bond donors (Lipinski definition) is 1. The second-order valence-corrected chi connectivity index (χ2v) is 6.06. The first-order valence-electron chi connectivity index (χ1n) is 6.29. The Balaban J connectivity index is 1.65. The maximum absolute atomic E-state index is 5.54. The topological polar surface area (TPSA) is 55.9 Å². The SMILES string of the molecule is Brc1cc(CNc2cccc(Cn3cncn3)c2)oc1Br. The molecule has 0 aliphatic rings. The van der Waals surface area contributed by atoms with Gasteiger partial charge in [0, 0.05) is 5.69 Å². The second-order valence-electron chi connectivity index (χ2n) is 4.48. The third kappa shape index (κ3) is 3.74. The molecule has 0 unspecified atom stereocenters. The van der Waals surface area contributed by atoms with Crippen LogP contribution in [0.3, 0.4) is 0 Å². The van der Waals surface area contributed by atoms with Gasteiger partial charge in [-0.15, -0.1) is 0 Å². The molecule has 5 nitrogen and oxygen atoms in total. The van der Waals surface area contributed by atoms with E-state index in [9.17, 15) is 0 Å². The van der Waals surface area contributed by atoms with Crippen LogP contribution in [-0.4, -0.2) is 14.8 Å². The lowest BCUT2D eigenvalue weighted by Crippen LogP contribution is -2.02. The van der Waals surface area contributed by atoms with Crippen molar-refractivity contribution in [2.45, 2.75) is 13.1 Å². The zero-order valence-electron chi connectivity index (χ0n) is 11.0. The highest BCUT2D eigenvalue weighted by Crippen LogP contribution is 2.27. The Morgan fingerprint density at radius 3 is 2.86 bits per heavy atom. The molecule has 3 rings (SSSR count). The number of hydrogen-bond acceptors (Lipinski definition) is 4. The first kappa shape index (κ1) is 14.3. The van der Waals surface area contributed by atoms with Gasteiger partial charge in [-0.1, -0.05) is 12.1 Å². The third-order valence-electron chi connectivity index (χ3n) is 2.90. The first-order valence-corrected chi connectivity index (χ1v) is 7.88. The standard InChI is InChI=1S/C14H12Br2N4O/c15-13-5-12(21-14(13)16)6-18-11-3-1-2-10(4-11)7-20-9-17-8-19-20/h1-5,8-9,18H,6-7H2. The van der Waals surface area contributed by atoms with Crippen molar-refractivity contribution < 1.29 is 4.42 Å². The van der Waals surface area contributed by atoms with Gasteiger partial charge in [0.25, 0.3) is 0 Å². The molecule has 0 fully saturated rings. The molecule has 1 aromatic carbocycles. The summed E-state index contributed by atoms with van der Waals surface area (Å²) in [6.45, 7) is 1.32. The smallest absolute Gasteiger partial charge is 0.183 e. The number of nitrogens with zero attached hydrogens (tertiary/aromatic N) is 3. The molecular weight excluding hydrogens is 400 g/mol. The highest BCUT2D eigenvalue weighted by atomic mass is 79.9. The van der Waals surface area contributed by atoms with E-state index in [1.807, 2.05) is 18.2 Å². The Kier molecular flexibility index (Phi) is 4.40. The lowest BCUT2D eigenvalue weighted by atomic mass is 10.2. The van der Waals surface area contributed by atoms with E-state index >= 15 is 0 Å². The zero-order valence-corrected chi connectivity index (χ0v) is 14.1. The molecule has 108 valence electrons. The highest BCUT2D eigenvalue weighted by Gasteiger charge is 2.06. The van der Waals surface area contributed by atoms with Crippen LogP contribution in [0.4, 0.5) is 5.69 Å². The van der Waals surface area contributed by atoms with E-state index in [1.165, 1.54) is 6.33 Å². The quantitative estimate of drug-likeness (QED) is 0.687. The van der Waals surface area contributed by atoms with Crippen molar-refractivity contribution in [3.8, 4) is 0 Å². The predicted molar refractivity (Wildman–Crippen MR) is 87.0 cm³/mol. The minimum absolute atomic E-state index is 0.622. The van der Waals surface area contributed by atoms with Crippen LogP contribution in [0, 0.1) is 0 Å². The number of furan rings is 1. The number of rotatable bonds is 5. The highest BCUT2D eigenvalue weighted by molar-refractivity contribution is 9.13. The fraction of sp³-hybridized carbons (Fsp3) is 0.143. The predicted octanol–water partition coefficient (Wildman–Crippen LogP) is 4.06. The zero-order chi connectivity index (χ0) is 14.7. The van der Waals surface area contributed by atoms with Crippen LogP contribution >= 0.6 is 31.9 Å². The molecule has 3 aromatic rings. The Morgan fingerprint density at radius 1 is 1.24 bits per heavy atom. The summed E-state index contributed by atoms with van der Waals surface area (Å²) in [6, 6.07) is 10.1. The fourth-order valence-electron chi connectivity index (χ4n) is 1.95. The van der Waals surface area contributed by atoms with E-state index in [1.54, 1.807) is 11.0 Å². The molecule has 0 atom stereocenters. The van der Waals surface area contributed by atoms with Crippen LogP contribution in [0.15, 0.2) is 56.5 Å². The van der Waals surface area contributed by atoms with Gasteiger partial charge in [0.05, 0.1) is 17.6 Å². The fourth-order valence-corrected chi connectivity index (χ4v) is 2.61. The lowest BCUT2D eigenvalue weighted by molar-refractivity contribution is 0.494. The van der Waals surface area contributed by atoms with Gasteiger partial charge < -0.3 is 9.73 Å². The van der Waals surface area contributed by atoms with Crippen molar-refractivity contribution in [1.82, 2.24) is 14.8 Å². The normalized spacial score (nSPS) is 10.8. The third-order valence-corrected chi connectivity index (χ3v) is 4.61.